The minimum absolute atomic E-state index is 0.258. The van der Waals surface area contributed by atoms with E-state index in [9.17, 15) is 4.79 Å². The van der Waals surface area contributed by atoms with Crippen LogP contribution in [0.4, 0.5) is 0 Å². The lowest BCUT2D eigenvalue weighted by Gasteiger charge is -2.29. The summed E-state index contributed by atoms with van der Waals surface area (Å²) in [6, 6.07) is 0.271. The van der Waals surface area contributed by atoms with Gasteiger partial charge in [0.05, 0.1) is 5.54 Å². The first-order valence-electron chi connectivity index (χ1n) is 5.93. The van der Waals surface area contributed by atoms with Crippen molar-refractivity contribution >= 4 is 17.7 Å². The molecule has 0 aromatic heterocycles. The molecular formula is C12H26N2OS. The number of amides is 1. The van der Waals surface area contributed by atoms with Gasteiger partial charge >= 0.3 is 0 Å². The Morgan fingerprint density at radius 2 is 1.94 bits per heavy atom. The van der Waals surface area contributed by atoms with Gasteiger partial charge in [-0.05, 0) is 44.6 Å². The molecule has 0 aliphatic heterocycles. The van der Waals surface area contributed by atoms with Gasteiger partial charge in [-0.3, -0.25) is 4.79 Å². The quantitative estimate of drug-likeness (QED) is 0.644. The molecule has 16 heavy (non-hydrogen) atoms. The van der Waals surface area contributed by atoms with Crippen LogP contribution in [-0.2, 0) is 4.79 Å². The standard InChI is InChI=1S/C12H26N2OS/c1-9(2)8-16-7-6-12(5,11(13)15)14-10(3)4/h9-10,14H,6-8H2,1-5H3,(H2,13,15). The molecule has 0 fully saturated rings. The third-order valence-electron chi connectivity index (χ3n) is 2.35. The summed E-state index contributed by atoms with van der Waals surface area (Å²) in [6.07, 6.45) is 0.790. The second-order valence-corrected chi connectivity index (χ2v) is 6.36. The normalized spacial score (nSPS) is 15.4. The number of rotatable bonds is 8. The number of carbonyl (C=O) groups is 1. The highest BCUT2D eigenvalue weighted by Gasteiger charge is 2.30. The summed E-state index contributed by atoms with van der Waals surface area (Å²) >= 11 is 1.88. The molecule has 0 spiro atoms. The van der Waals surface area contributed by atoms with Gasteiger partial charge in [-0.2, -0.15) is 11.8 Å². The van der Waals surface area contributed by atoms with Crippen molar-refractivity contribution in [3.05, 3.63) is 0 Å². The zero-order valence-corrected chi connectivity index (χ0v) is 12.0. The third-order valence-corrected chi connectivity index (χ3v) is 3.74. The minimum Gasteiger partial charge on any atom is -0.368 e. The number of nitrogens with one attached hydrogen (secondary N) is 1. The van der Waals surface area contributed by atoms with Crippen molar-refractivity contribution in [2.75, 3.05) is 11.5 Å². The van der Waals surface area contributed by atoms with Crippen molar-refractivity contribution in [3.63, 3.8) is 0 Å². The maximum atomic E-state index is 11.4. The smallest absolute Gasteiger partial charge is 0.237 e. The SMILES string of the molecule is CC(C)CSCCC(C)(NC(C)C)C(N)=O. The average molecular weight is 246 g/mol. The maximum absolute atomic E-state index is 11.4. The summed E-state index contributed by atoms with van der Waals surface area (Å²) in [7, 11) is 0. The molecule has 0 heterocycles. The Morgan fingerprint density at radius 1 is 1.38 bits per heavy atom. The van der Waals surface area contributed by atoms with E-state index in [4.69, 9.17) is 5.73 Å². The first kappa shape index (κ1) is 15.8. The molecule has 4 heteroatoms. The Balaban J connectivity index is 4.08. The van der Waals surface area contributed by atoms with Gasteiger partial charge in [-0.25, -0.2) is 0 Å². The Morgan fingerprint density at radius 3 is 2.31 bits per heavy atom. The fourth-order valence-electron chi connectivity index (χ4n) is 1.50. The van der Waals surface area contributed by atoms with Crippen LogP contribution in [0, 0.1) is 5.92 Å². The number of primary amides is 1. The lowest BCUT2D eigenvalue weighted by atomic mass is 9.97. The van der Waals surface area contributed by atoms with Crippen molar-refractivity contribution in [3.8, 4) is 0 Å². The van der Waals surface area contributed by atoms with Gasteiger partial charge in [0, 0.05) is 6.04 Å². The molecule has 1 amide bonds. The monoisotopic (exact) mass is 246 g/mol. The van der Waals surface area contributed by atoms with Gasteiger partial charge in [-0.1, -0.05) is 13.8 Å². The van der Waals surface area contributed by atoms with E-state index in [0.717, 1.165) is 17.9 Å². The number of thioether (sulfide) groups is 1. The molecule has 0 saturated heterocycles. The topological polar surface area (TPSA) is 55.1 Å². The van der Waals surface area contributed by atoms with E-state index < -0.39 is 5.54 Å². The van der Waals surface area contributed by atoms with Crippen LogP contribution < -0.4 is 11.1 Å². The molecule has 1 atom stereocenters. The van der Waals surface area contributed by atoms with E-state index >= 15 is 0 Å². The number of hydrogen-bond acceptors (Lipinski definition) is 3. The second kappa shape index (κ2) is 7.17. The molecule has 0 aliphatic rings. The summed E-state index contributed by atoms with van der Waals surface area (Å²) < 4.78 is 0. The molecule has 0 saturated carbocycles. The van der Waals surface area contributed by atoms with E-state index in [2.05, 4.69) is 19.2 Å². The predicted molar refractivity (Wildman–Crippen MR) is 72.7 cm³/mol. The van der Waals surface area contributed by atoms with Crippen LogP contribution in [0.25, 0.3) is 0 Å². The molecule has 0 aliphatic carbocycles. The fourth-order valence-corrected chi connectivity index (χ4v) is 2.69. The first-order chi connectivity index (χ1) is 7.28. The second-order valence-electron chi connectivity index (χ2n) is 5.21. The molecule has 1 unspecified atom stereocenters. The molecule has 3 nitrogen and oxygen atoms in total. The van der Waals surface area contributed by atoms with Gasteiger partial charge in [0.15, 0.2) is 0 Å². The van der Waals surface area contributed by atoms with E-state index in [1.807, 2.05) is 32.5 Å². The summed E-state index contributed by atoms with van der Waals surface area (Å²) in [6.45, 7) is 10.4. The molecule has 0 radical (unpaired) electrons. The van der Waals surface area contributed by atoms with E-state index in [1.54, 1.807) is 0 Å². The molecule has 0 rings (SSSR count). The number of nitrogens with two attached hydrogens (primary N) is 1. The molecular weight excluding hydrogens is 220 g/mol. The largest absolute Gasteiger partial charge is 0.368 e. The van der Waals surface area contributed by atoms with Gasteiger partial charge < -0.3 is 11.1 Å². The van der Waals surface area contributed by atoms with Crippen molar-refractivity contribution in [2.24, 2.45) is 11.7 Å². The Hall–Kier alpha value is -0.220. The molecule has 96 valence electrons. The van der Waals surface area contributed by atoms with Gasteiger partial charge in [-0.15, -0.1) is 0 Å². The van der Waals surface area contributed by atoms with Crippen molar-refractivity contribution in [2.45, 2.75) is 52.6 Å². The maximum Gasteiger partial charge on any atom is 0.237 e. The summed E-state index contributed by atoms with van der Waals surface area (Å²) in [5, 5.41) is 3.26. The van der Waals surface area contributed by atoms with Crippen molar-refractivity contribution in [1.29, 1.82) is 0 Å². The molecule has 0 bridgehead atoms. The third kappa shape index (κ3) is 6.38. The lowest BCUT2D eigenvalue weighted by molar-refractivity contribution is -0.124. The Kier molecular flexibility index (Phi) is 7.07. The predicted octanol–water partition coefficient (Wildman–Crippen LogP) is 2.01. The van der Waals surface area contributed by atoms with Crippen molar-refractivity contribution < 1.29 is 4.79 Å². The van der Waals surface area contributed by atoms with Crippen LogP contribution in [-0.4, -0.2) is 29.0 Å². The summed E-state index contributed by atoms with van der Waals surface area (Å²) in [5.74, 6) is 2.54. The minimum atomic E-state index is -0.571. The zero-order valence-electron chi connectivity index (χ0n) is 11.2. The van der Waals surface area contributed by atoms with E-state index in [-0.39, 0.29) is 11.9 Å². The van der Waals surface area contributed by atoms with Crippen LogP contribution in [0.3, 0.4) is 0 Å². The highest BCUT2D eigenvalue weighted by atomic mass is 32.2. The zero-order chi connectivity index (χ0) is 12.8. The molecule has 0 aromatic rings. The lowest BCUT2D eigenvalue weighted by Crippen LogP contribution is -2.55. The molecule has 3 N–H and O–H groups in total. The van der Waals surface area contributed by atoms with Crippen molar-refractivity contribution in [1.82, 2.24) is 5.32 Å². The summed E-state index contributed by atoms with van der Waals surface area (Å²) in [5.41, 5.74) is 4.88. The highest BCUT2D eigenvalue weighted by Crippen LogP contribution is 2.16. The molecule has 0 aromatic carbocycles. The van der Waals surface area contributed by atoms with E-state index in [1.165, 1.54) is 0 Å². The van der Waals surface area contributed by atoms with Gasteiger partial charge in [0.1, 0.15) is 0 Å². The number of carbonyl (C=O) groups excluding carboxylic acids is 1. The van der Waals surface area contributed by atoms with Crippen LogP contribution in [0.1, 0.15) is 41.0 Å². The van der Waals surface area contributed by atoms with Crippen LogP contribution in [0.2, 0.25) is 0 Å². The van der Waals surface area contributed by atoms with Crippen LogP contribution in [0.5, 0.6) is 0 Å². The Bertz CT molecular complexity index is 219. The Labute approximate surface area is 104 Å². The van der Waals surface area contributed by atoms with Gasteiger partial charge in [0.2, 0.25) is 5.91 Å². The van der Waals surface area contributed by atoms with E-state index in [0.29, 0.717) is 5.92 Å². The summed E-state index contributed by atoms with van der Waals surface area (Å²) in [4.78, 5) is 11.4. The first-order valence-corrected chi connectivity index (χ1v) is 7.08. The van der Waals surface area contributed by atoms with Gasteiger partial charge in [0.25, 0.3) is 0 Å². The highest BCUT2D eigenvalue weighted by molar-refractivity contribution is 7.99. The fraction of sp³-hybridized carbons (Fsp3) is 0.917. The van der Waals surface area contributed by atoms with Crippen LogP contribution in [0.15, 0.2) is 0 Å². The average Bonchev–Trinajstić information content (AvgIpc) is 2.10. The number of hydrogen-bond donors (Lipinski definition) is 2. The van der Waals surface area contributed by atoms with Crippen LogP contribution >= 0.6 is 11.8 Å².